The summed E-state index contributed by atoms with van der Waals surface area (Å²) in [7, 11) is 0. The lowest BCUT2D eigenvalue weighted by atomic mass is 10.1. The number of hydrogen-bond donors (Lipinski definition) is 0. The highest BCUT2D eigenvalue weighted by atomic mass is 35.5. The van der Waals surface area contributed by atoms with Gasteiger partial charge in [-0.2, -0.15) is 0 Å². The summed E-state index contributed by atoms with van der Waals surface area (Å²) in [5.41, 5.74) is 0. The normalized spacial score (nSPS) is 33.4. The molecule has 0 saturated carbocycles. The maximum Gasteiger partial charge on any atom is 0.318 e. The first-order chi connectivity index (χ1) is 3.54. The molecule has 1 rings (SSSR count). The van der Waals surface area contributed by atoms with Crippen molar-refractivity contribution in [1.82, 2.24) is 0 Å². The van der Waals surface area contributed by atoms with E-state index in [9.17, 15) is 4.79 Å². The van der Waals surface area contributed by atoms with Gasteiger partial charge in [0.15, 0.2) is 0 Å². The molecule has 0 aromatic rings. The zero-order valence-corrected chi connectivity index (χ0v) is 5.66. The molecule has 1 aliphatic rings. The van der Waals surface area contributed by atoms with Crippen LogP contribution in [-0.2, 0) is 9.53 Å². The fraction of sp³-hybridized carbons (Fsp3) is 0.750. The summed E-state index contributed by atoms with van der Waals surface area (Å²) in [6.07, 6.45) is 0. The van der Waals surface area contributed by atoms with Crippen molar-refractivity contribution in [3.63, 3.8) is 0 Å². The molecule has 1 fully saturated rings. The van der Waals surface area contributed by atoms with Crippen LogP contribution in [0.2, 0.25) is 0 Å². The lowest BCUT2D eigenvalue weighted by molar-refractivity contribution is -0.178. The molecule has 4 heteroatoms. The molecule has 8 heavy (non-hydrogen) atoms. The van der Waals surface area contributed by atoms with Crippen LogP contribution in [0.4, 0.5) is 0 Å². The third-order valence-electron chi connectivity index (χ3n) is 1.09. The lowest BCUT2D eigenvalue weighted by Gasteiger charge is -2.34. The third kappa shape index (κ3) is 0.681. The second-order valence-electron chi connectivity index (χ2n) is 1.70. The molecule has 0 aromatic heterocycles. The van der Waals surface area contributed by atoms with Crippen LogP contribution in [0.15, 0.2) is 0 Å². The Morgan fingerprint density at radius 2 is 2.25 bits per heavy atom. The van der Waals surface area contributed by atoms with E-state index in [2.05, 4.69) is 4.74 Å². The molecule has 0 spiro atoms. The third-order valence-corrected chi connectivity index (χ3v) is 1.90. The Kier molecular flexibility index (Phi) is 1.17. The van der Waals surface area contributed by atoms with Crippen molar-refractivity contribution in [2.75, 3.05) is 0 Å². The van der Waals surface area contributed by atoms with Gasteiger partial charge in [0.05, 0.1) is 0 Å². The number of carbonyl (C=O) groups is 1. The summed E-state index contributed by atoms with van der Waals surface area (Å²) >= 11 is 10.7. The van der Waals surface area contributed by atoms with E-state index >= 15 is 0 Å². The number of alkyl halides is 2. The van der Waals surface area contributed by atoms with Gasteiger partial charge in [0.25, 0.3) is 4.52 Å². The molecule has 1 unspecified atom stereocenters. The van der Waals surface area contributed by atoms with E-state index in [0.29, 0.717) is 0 Å². The van der Waals surface area contributed by atoms with Gasteiger partial charge in [0.1, 0.15) is 5.92 Å². The molecule has 0 aliphatic carbocycles. The van der Waals surface area contributed by atoms with E-state index in [0.717, 1.165) is 0 Å². The standard InChI is InChI=1S/C4H4Cl2O2/c1-2-3(7)8-4(2,5)6/h2H,1H3. The maximum atomic E-state index is 10.3. The molecule has 0 amide bonds. The van der Waals surface area contributed by atoms with Gasteiger partial charge in [-0.3, -0.25) is 4.79 Å². The van der Waals surface area contributed by atoms with Gasteiger partial charge in [-0.05, 0) is 6.92 Å². The Labute approximate surface area is 56.7 Å². The number of halogens is 2. The minimum absolute atomic E-state index is 0.338. The van der Waals surface area contributed by atoms with E-state index < -0.39 is 4.52 Å². The number of hydrogen-bond acceptors (Lipinski definition) is 2. The summed E-state index contributed by atoms with van der Waals surface area (Å²) in [6.45, 7) is 1.62. The van der Waals surface area contributed by atoms with Crippen LogP contribution < -0.4 is 0 Å². The topological polar surface area (TPSA) is 26.3 Å². The smallest absolute Gasteiger partial charge is 0.318 e. The number of cyclic esters (lactones) is 1. The second kappa shape index (κ2) is 1.52. The molecule has 46 valence electrons. The lowest BCUT2D eigenvalue weighted by Crippen LogP contribution is -2.47. The van der Waals surface area contributed by atoms with Gasteiger partial charge in [0.2, 0.25) is 0 Å². The zero-order valence-electron chi connectivity index (χ0n) is 4.15. The van der Waals surface area contributed by atoms with Crippen LogP contribution in [0, 0.1) is 5.92 Å². The van der Waals surface area contributed by atoms with Crippen molar-refractivity contribution in [3.05, 3.63) is 0 Å². The van der Waals surface area contributed by atoms with Crippen LogP contribution in [0.3, 0.4) is 0 Å². The van der Waals surface area contributed by atoms with E-state index in [-0.39, 0.29) is 11.9 Å². The Balaban J connectivity index is 2.60. The Morgan fingerprint density at radius 1 is 1.75 bits per heavy atom. The van der Waals surface area contributed by atoms with E-state index in [1.54, 1.807) is 6.92 Å². The quantitative estimate of drug-likeness (QED) is 0.389. The fourth-order valence-corrected chi connectivity index (χ4v) is 0.720. The highest BCUT2D eigenvalue weighted by Crippen LogP contribution is 2.41. The van der Waals surface area contributed by atoms with Crippen molar-refractivity contribution < 1.29 is 9.53 Å². The van der Waals surface area contributed by atoms with E-state index in [1.807, 2.05) is 0 Å². The number of rotatable bonds is 0. The molecule has 1 atom stereocenters. The van der Waals surface area contributed by atoms with Crippen molar-refractivity contribution >= 4 is 29.2 Å². The van der Waals surface area contributed by atoms with Gasteiger partial charge >= 0.3 is 5.97 Å². The Hall–Kier alpha value is 0.0500. The predicted molar refractivity (Wildman–Crippen MR) is 29.7 cm³/mol. The van der Waals surface area contributed by atoms with Gasteiger partial charge in [-0.15, -0.1) is 0 Å². The molecule has 0 N–H and O–H groups in total. The molecule has 1 heterocycles. The SMILES string of the molecule is CC1C(=O)OC1(Cl)Cl. The van der Waals surface area contributed by atoms with Gasteiger partial charge < -0.3 is 4.74 Å². The van der Waals surface area contributed by atoms with Gasteiger partial charge in [-0.25, -0.2) is 0 Å². The largest absolute Gasteiger partial charge is 0.427 e. The van der Waals surface area contributed by atoms with Crippen molar-refractivity contribution in [1.29, 1.82) is 0 Å². The summed E-state index contributed by atoms with van der Waals surface area (Å²) < 4.78 is 3.08. The second-order valence-corrected chi connectivity index (χ2v) is 3.02. The number of esters is 1. The summed E-state index contributed by atoms with van der Waals surface area (Å²) in [4.78, 5) is 10.3. The average Bonchev–Trinajstić information content (AvgIpc) is 1.65. The molecular weight excluding hydrogens is 151 g/mol. The summed E-state index contributed by atoms with van der Waals surface area (Å²) in [6, 6.07) is 0. The van der Waals surface area contributed by atoms with Crippen LogP contribution in [-0.4, -0.2) is 10.5 Å². The molecule has 1 saturated heterocycles. The predicted octanol–water partition coefficient (Wildman–Crippen LogP) is 1.31. The maximum absolute atomic E-state index is 10.3. The van der Waals surface area contributed by atoms with Gasteiger partial charge in [0, 0.05) is 0 Å². The van der Waals surface area contributed by atoms with Crippen LogP contribution in [0.5, 0.6) is 0 Å². The molecular formula is C4H4Cl2O2. The Bertz CT molecular complexity index is 132. The molecule has 2 nitrogen and oxygen atoms in total. The number of carbonyl (C=O) groups excluding carboxylic acids is 1. The van der Waals surface area contributed by atoms with Crippen molar-refractivity contribution in [2.45, 2.75) is 11.4 Å². The zero-order chi connectivity index (χ0) is 6.36. The first-order valence-electron chi connectivity index (χ1n) is 2.15. The number of ether oxygens (including phenoxy) is 1. The molecule has 0 bridgehead atoms. The van der Waals surface area contributed by atoms with E-state index in [1.165, 1.54) is 0 Å². The summed E-state index contributed by atoms with van der Waals surface area (Å²) in [5.74, 6) is -0.721. The van der Waals surface area contributed by atoms with Crippen molar-refractivity contribution in [3.8, 4) is 0 Å². The van der Waals surface area contributed by atoms with Crippen molar-refractivity contribution in [2.24, 2.45) is 5.92 Å². The monoisotopic (exact) mass is 154 g/mol. The average molecular weight is 155 g/mol. The van der Waals surface area contributed by atoms with Crippen LogP contribution in [0.1, 0.15) is 6.92 Å². The molecule has 1 aliphatic heterocycles. The highest BCUT2D eigenvalue weighted by Gasteiger charge is 2.51. The van der Waals surface area contributed by atoms with E-state index in [4.69, 9.17) is 23.2 Å². The summed E-state index contributed by atoms with van der Waals surface area (Å²) in [5, 5.41) is 0. The minimum Gasteiger partial charge on any atom is -0.427 e. The Morgan fingerprint density at radius 3 is 2.25 bits per heavy atom. The first kappa shape index (κ1) is 6.17. The minimum atomic E-state index is -1.25. The highest BCUT2D eigenvalue weighted by molar-refractivity contribution is 6.50. The van der Waals surface area contributed by atoms with Crippen LogP contribution >= 0.6 is 23.2 Å². The fourth-order valence-electron chi connectivity index (χ4n) is 0.390. The molecule has 0 radical (unpaired) electrons. The first-order valence-corrected chi connectivity index (χ1v) is 2.90. The van der Waals surface area contributed by atoms with Gasteiger partial charge in [-0.1, -0.05) is 23.2 Å². The van der Waals surface area contributed by atoms with Crippen LogP contribution in [0.25, 0.3) is 0 Å². The molecule has 0 aromatic carbocycles.